The second-order valence-corrected chi connectivity index (χ2v) is 5.11. The fraction of sp³-hybridized carbons (Fsp3) is 0.500. The highest BCUT2D eigenvalue weighted by Gasteiger charge is 2.28. The fourth-order valence-corrected chi connectivity index (χ4v) is 2.46. The van der Waals surface area contributed by atoms with Crippen LogP contribution in [0.4, 0.5) is 5.69 Å². The number of para-hydroxylation sites is 1. The molecule has 1 fully saturated rings. The summed E-state index contributed by atoms with van der Waals surface area (Å²) in [4.78, 5) is 24.4. The maximum atomic E-state index is 12.3. The second kappa shape index (κ2) is 6.64. The highest BCUT2D eigenvalue weighted by atomic mass is 16.6. The summed E-state index contributed by atoms with van der Waals surface area (Å²) in [5.74, 6) is -0.196. The molecule has 1 aromatic carbocycles. The maximum Gasteiger partial charge on any atom is 0.273 e. The number of hydrogen-bond acceptors (Lipinski definition) is 5. The average molecular weight is 294 g/mol. The molecule has 1 amide bonds. The molecular formula is C14H18N2O5. The summed E-state index contributed by atoms with van der Waals surface area (Å²) in [6.45, 7) is 2.41. The lowest BCUT2D eigenvalue weighted by Crippen LogP contribution is -2.50. The van der Waals surface area contributed by atoms with E-state index in [9.17, 15) is 14.9 Å². The third-order valence-electron chi connectivity index (χ3n) is 3.41. The van der Waals surface area contributed by atoms with Gasteiger partial charge in [0, 0.05) is 24.7 Å². The van der Waals surface area contributed by atoms with Gasteiger partial charge in [0.05, 0.1) is 30.2 Å². The van der Waals surface area contributed by atoms with Crippen LogP contribution < -0.4 is 0 Å². The van der Waals surface area contributed by atoms with E-state index >= 15 is 0 Å². The Kier molecular flexibility index (Phi) is 4.87. The number of carbonyl (C=O) groups is 1. The molecule has 1 aliphatic rings. The molecule has 2 atom stereocenters. The molecule has 1 aromatic rings. The zero-order chi connectivity index (χ0) is 15.4. The summed E-state index contributed by atoms with van der Waals surface area (Å²) >= 11 is 0. The molecule has 0 spiro atoms. The molecule has 1 aliphatic heterocycles. The van der Waals surface area contributed by atoms with Crippen LogP contribution in [0.5, 0.6) is 0 Å². The molecule has 0 aromatic heterocycles. The number of aliphatic hydroxyl groups is 1. The van der Waals surface area contributed by atoms with E-state index in [0.717, 1.165) is 0 Å². The Morgan fingerprint density at radius 3 is 2.86 bits per heavy atom. The van der Waals surface area contributed by atoms with Gasteiger partial charge in [-0.15, -0.1) is 0 Å². The van der Waals surface area contributed by atoms with Crippen LogP contribution in [-0.2, 0) is 16.0 Å². The van der Waals surface area contributed by atoms with Gasteiger partial charge in [-0.25, -0.2) is 0 Å². The van der Waals surface area contributed by atoms with Gasteiger partial charge < -0.3 is 14.7 Å². The zero-order valence-electron chi connectivity index (χ0n) is 11.8. The number of benzene rings is 1. The Labute approximate surface area is 122 Å². The predicted molar refractivity (Wildman–Crippen MR) is 74.8 cm³/mol. The van der Waals surface area contributed by atoms with Gasteiger partial charge in [-0.1, -0.05) is 18.2 Å². The van der Waals surface area contributed by atoms with Crippen LogP contribution in [0.25, 0.3) is 0 Å². The summed E-state index contributed by atoms with van der Waals surface area (Å²) in [5.41, 5.74) is 0.345. The van der Waals surface area contributed by atoms with Gasteiger partial charge in [0.25, 0.3) is 5.69 Å². The molecule has 7 nitrogen and oxygen atoms in total. The zero-order valence-corrected chi connectivity index (χ0v) is 11.8. The van der Waals surface area contributed by atoms with Crippen molar-refractivity contribution in [3.63, 3.8) is 0 Å². The molecule has 0 radical (unpaired) electrons. The molecular weight excluding hydrogens is 276 g/mol. The molecule has 1 saturated heterocycles. The monoisotopic (exact) mass is 294 g/mol. The van der Waals surface area contributed by atoms with Crippen LogP contribution in [0.1, 0.15) is 12.5 Å². The Balaban J connectivity index is 2.09. The van der Waals surface area contributed by atoms with Crippen molar-refractivity contribution < 1.29 is 19.6 Å². The Bertz CT molecular complexity index is 534. The van der Waals surface area contributed by atoms with Crippen molar-refractivity contribution in [2.75, 3.05) is 19.7 Å². The van der Waals surface area contributed by atoms with E-state index in [0.29, 0.717) is 18.7 Å². The summed E-state index contributed by atoms with van der Waals surface area (Å²) in [6, 6.07) is 6.23. The first-order chi connectivity index (χ1) is 10.0. The largest absolute Gasteiger partial charge is 0.394 e. The summed E-state index contributed by atoms with van der Waals surface area (Å²) < 4.78 is 5.48. The van der Waals surface area contributed by atoms with Gasteiger partial charge in [0.15, 0.2) is 0 Å². The molecule has 7 heteroatoms. The van der Waals surface area contributed by atoms with E-state index in [2.05, 4.69) is 0 Å². The van der Waals surface area contributed by atoms with Gasteiger partial charge in [0.1, 0.15) is 0 Å². The minimum Gasteiger partial charge on any atom is -0.394 e. The van der Waals surface area contributed by atoms with E-state index in [-0.39, 0.29) is 30.7 Å². The fourth-order valence-electron chi connectivity index (χ4n) is 2.46. The van der Waals surface area contributed by atoms with E-state index in [1.165, 1.54) is 6.07 Å². The van der Waals surface area contributed by atoms with E-state index in [1.54, 1.807) is 23.1 Å². The Morgan fingerprint density at radius 2 is 2.19 bits per heavy atom. The lowest BCUT2D eigenvalue weighted by atomic mass is 10.1. The summed E-state index contributed by atoms with van der Waals surface area (Å²) in [7, 11) is 0. The smallest absolute Gasteiger partial charge is 0.273 e. The second-order valence-electron chi connectivity index (χ2n) is 5.11. The number of rotatable bonds is 4. The summed E-state index contributed by atoms with van der Waals surface area (Å²) in [6.07, 6.45) is -0.587. The number of carbonyl (C=O) groups excluding carboxylic acids is 1. The van der Waals surface area contributed by atoms with Gasteiger partial charge >= 0.3 is 0 Å². The minimum atomic E-state index is -0.485. The molecule has 1 N–H and O–H groups in total. The number of aliphatic hydroxyl groups excluding tert-OH is 1. The average Bonchev–Trinajstić information content (AvgIpc) is 2.46. The minimum absolute atomic E-state index is 0.0258. The highest BCUT2D eigenvalue weighted by Crippen LogP contribution is 2.20. The maximum absolute atomic E-state index is 12.3. The number of nitro benzene ring substituents is 1. The van der Waals surface area contributed by atoms with Gasteiger partial charge in [0.2, 0.25) is 5.91 Å². The molecule has 0 bridgehead atoms. The van der Waals surface area contributed by atoms with Crippen molar-refractivity contribution in [3.05, 3.63) is 39.9 Å². The van der Waals surface area contributed by atoms with Crippen molar-refractivity contribution in [1.82, 2.24) is 4.90 Å². The number of amides is 1. The quantitative estimate of drug-likeness (QED) is 0.653. The molecule has 2 unspecified atom stereocenters. The van der Waals surface area contributed by atoms with Crippen LogP contribution in [0, 0.1) is 10.1 Å². The SMILES string of the molecule is CC1CN(C(=O)Cc2ccccc2[N+](=O)[O-])CC(CO)O1. The van der Waals surface area contributed by atoms with Crippen molar-refractivity contribution in [2.24, 2.45) is 0 Å². The van der Waals surface area contributed by atoms with Crippen LogP contribution in [0.2, 0.25) is 0 Å². The van der Waals surface area contributed by atoms with Crippen molar-refractivity contribution in [2.45, 2.75) is 25.6 Å². The van der Waals surface area contributed by atoms with E-state index < -0.39 is 11.0 Å². The predicted octanol–water partition coefficient (Wildman–Crippen LogP) is 0.746. The van der Waals surface area contributed by atoms with Crippen molar-refractivity contribution >= 4 is 11.6 Å². The van der Waals surface area contributed by atoms with Crippen LogP contribution in [-0.4, -0.2) is 52.7 Å². The van der Waals surface area contributed by atoms with Gasteiger partial charge in [-0.3, -0.25) is 14.9 Å². The Hall–Kier alpha value is -1.99. The van der Waals surface area contributed by atoms with Gasteiger partial charge in [-0.2, -0.15) is 0 Å². The first-order valence-corrected chi connectivity index (χ1v) is 6.77. The number of nitro groups is 1. The van der Waals surface area contributed by atoms with Crippen LogP contribution in [0.15, 0.2) is 24.3 Å². The number of nitrogens with zero attached hydrogens (tertiary/aromatic N) is 2. The summed E-state index contributed by atoms with van der Waals surface area (Å²) in [5, 5.41) is 20.1. The molecule has 0 saturated carbocycles. The molecule has 2 rings (SSSR count). The number of ether oxygens (including phenoxy) is 1. The van der Waals surface area contributed by atoms with E-state index in [4.69, 9.17) is 9.84 Å². The number of hydrogen-bond donors (Lipinski definition) is 1. The first-order valence-electron chi connectivity index (χ1n) is 6.77. The molecule has 1 heterocycles. The van der Waals surface area contributed by atoms with Crippen LogP contribution in [0.3, 0.4) is 0 Å². The molecule has 114 valence electrons. The topological polar surface area (TPSA) is 92.9 Å². The molecule has 0 aliphatic carbocycles. The Morgan fingerprint density at radius 1 is 1.48 bits per heavy atom. The lowest BCUT2D eigenvalue weighted by molar-refractivity contribution is -0.385. The first kappa shape index (κ1) is 15.4. The number of morpholine rings is 1. The van der Waals surface area contributed by atoms with Crippen molar-refractivity contribution in [3.8, 4) is 0 Å². The lowest BCUT2D eigenvalue weighted by Gasteiger charge is -2.36. The van der Waals surface area contributed by atoms with E-state index in [1.807, 2.05) is 6.92 Å². The third kappa shape index (κ3) is 3.77. The van der Waals surface area contributed by atoms with Gasteiger partial charge in [-0.05, 0) is 6.92 Å². The normalized spacial score (nSPS) is 22.1. The standard InChI is InChI=1S/C14H18N2O5/c1-10-7-15(8-12(9-17)21-10)14(18)6-11-4-2-3-5-13(11)16(19)20/h2-5,10,12,17H,6-9H2,1H3. The van der Waals surface area contributed by atoms with Crippen LogP contribution >= 0.6 is 0 Å². The highest BCUT2D eigenvalue weighted by molar-refractivity contribution is 5.80. The molecule has 21 heavy (non-hydrogen) atoms. The van der Waals surface area contributed by atoms with Crippen molar-refractivity contribution in [1.29, 1.82) is 0 Å². The third-order valence-corrected chi connectivity index (χ3v) is 3.41.